The van der Waals surface area contributed by atoms with Gasteiger partial charge in [0.1, 0.15) is 0 Å². The van der Waals surface area contributed by atoms with Crippen LogP contribution in [0, 0.1) is 6.92 Å². The monoisotopic (exact) mass is 398 g/mol. The number of Topliss-reactive ketones (excluding diaryl/α,β-unsaturated/α-hetero) is 1. The van der Waals surface area contributed by atoms with Gasteiger partial charge in [0, 0.05) is 28.0 Å². The predicted molar refractivity (Wildman–Crippen MR) is 114 cm³/mol. The van der Waals surface area contributed by atoms with Crippen LogP contribution in [0.25, 0.3) is 0 Å². The second kappa shape index (κ2) is 8.33. The summed E-state index contributed by atoms with van der Waals surface area (Å²) in [6, 6.07) is 16.8. The molecule has 0 amide bonds. The molecule has 7 heteroatoms. The Kier molecular flexibility index (Phi) is 5.88. The summed E-state index contributed by atoms with van der Waals surface area (Å²) >= 11 is 11.3. The normalized spacial score (nSPS) is 10.5. The first-order chi connectivity index (χ1) is 12.9. The number of rotatable bonds is 5. The molecule has 0 saturated heterocycles. The summed E-state index contributed by atoms with van der Waals surface area (Å²) in [7, 11) is 0. The van der Waals surface area contributed by atoms with E-state index in [1.54, 1.807) is 12.1 Å². The molecule has 2 aromatic carbocycles. The van der Waals surface area contributed by atoms with Gasteiger partial charge in [0.25, 0.3) is 0 Å². The highest BCUT2D eigenvalue weighted by atomic mass is 35.5. The van der Waals surface area contributed by atoms with Gasteiger partial charge in [-0.3, -0.25) is 9.48 Å². The number of aromatic nitrogens is 2. The summed E-state index contributed by atoms with van der Waals surface area (Å²) in [5, 5.41) is 11.9. The number of aryl methyl sites for hydroxylation is 1. The Bertz CT molecular complexity index is 965. The molecule has 0 atom stereocenters. The molecule has 2 N–H and O–H groups in total. The number of anilines is 2. The van der Waals surface area contributed by atoms with E-state index in [4.69, 9.17) is 23.8 Å². The molecule has 0 spiro atoms. The number of hydrogen-bond donors (Lipinski definition) is 2. The molecule has 3 aromatic rings. The molecule has 3 rings (SSSR count). The lowest BCUT2D eigenvalue weighted by Crippen LogP contribution is -2.19. The second-order valence-electron chi connectivity index (χ2n) is 6.17. The van der Waals surface area contributed by atoms with Crippen molar-refractivity contribution in [3.63, 3.8) is 0 Å². The van der Waals surface area contributed by atoms with Crippen LogP contribution >= 0.6 is 23.8 Å². The number of carbonyl (C=O) groups excluding carboxylic acids is 1. The Hall–Kier alpha value is -2.70. The van der Waals surface area contributed by atoms with Gasteiger partial charge in [0.2, 0.25) is 0 Å². The van der Waals surface area contributed by atoms with Gasteiger partial charge in [-0.2, -0.15) is 5.10 Å². The van der Waals surface area contributed by atoms with E-state index in [1.165, 1.54) is 6.92 Å². The second-order valence-corrected chi connectivity index (χ2v) is 7.01. The maximum atomic E-state index is 11.3. The lowest BCUT2D eigenvalue weighted by atomic mass is 10.1. The van der Waals surface area contributed by atoms with Crippen molar-refractivity contribution in [2.24, 2.45) is 0 Å². The minimum absolute atomic E-state index is 0.0314. The van der Waals surface area contributed by atoms with Crippen LogP contribution in [0.5, 0.6) is 0 Å². The number of nitrogens with zero attached hydrogens (tertiary/aromatic N) is 2. The number of hydrogen-bond acceptors (Lipinski definition) is 3. The molecule has 1 aromatic heterocycles. The Morgan fingerprint density at radius 2 is 1.78 bits per heavy atom. The minimum atomic E-state index is 0.0314. The highest BCUT2D eigenvalue weighted by Crippen LogP contribution is 2.15. The predicted octanol–water partition coefficient (Wildman–Crippen LogP) is 4.90. The average molecular weight is 399 g/mol. The molecule has 0 radical (unpaired) electrons. The van der Waals surface area contributed by atoms with Crippen LogP contribution < -0.4 is 10.6 Å². The number of thiocarbonyl (C=S) groups is 1. The van der Waals surface area contributed by atoms with Crippen LogP contribution in [0.4, 0.5) is 11.5 Å². The van der Waals surface area contributed by atoms with Crippen LogP contribution in [-0.2, 0) is 6.54 Å². The topological polar surface area (TPSA) is 59.0 Å². The molecular weight excluding hydrogens is 380 g/mol. The molecule has 0 bridgehead atoms. The van der Waals surface area contributed by atoms with E-state index < -0.39 is 0 Å². The van der Waals surface area contributed by atoms with Crippen molar-refractivity contribution in [3.05, 3.63) is 76.4 Å². The maximum Gasteiger partial charge on any atom is 0.176 e. The van der Waals surface area contributed by atoms with Gasteiger partial charge in [0.05, 0.1) is 6.54 Å². The van der Waals surface area contributed by atoms with Crippen molar-refractivity contribution in [2.45, 2.75) is 20.4 Å². The Morgan fingerprint density at radius 1 is 1.11 bits per heavy atom. The first-order valence-corrected chi connectivity index (χ1v) is 9.17. The zero-order chi connectivity index (χ0) is 19.4. The van der Waals surface area contributed by atoms with E-state index in [1.807, 2.05) is 54.1 Å². The van der Waals surface area contributed by atoms with Gasteiger partial charge in [-0.25, -0.2) is 0 Å². The minimum Gasteiger partial charge on any atom is -0.332 e. The van der Waals surface area contributed by atoms with E-state index in [0.717, 1.165) is 16.9 Å². The zero-order valence-electron chi connectivity index (χ0n) is 15.0. The van der Waals surface area contributed by atoms with Crippen molar-refractivity contribution in [1.82, 2.24) is 9.78 Å². The van der Waals surface area contributed by atoms with E-state index in [-0.39, 0.29) is 5.78 Å². The van der Waals surface area contributed by atoms with Crippen LogP contribution in [-0.4, -0.2) is 20.7 Å². The number of benzene rings is 2. The van der Waals surface area contributed by atoms with Gasteiger partial charge in [-0.1, -0.05) is 23.7 Å². The standard InChI is InChI=1S/C20H19ClN4OS/c1-13-11-19(24-25(13)12-15-3-7-17(21)8-4-15)23-20(27)22-18-9-5-16(6-10-18)14(2)26/h3-11H,12H2,1-2H3,(H2,22,23,24,27). The zero-order valence-corrected chi connectivity index (χ0v) is 16.6. The molecule has 5 nitrogen and oxygen atoms in total. The van der Waals surface area contributed by atoms with Crippen LogP contribution in [0.3, 0.4) is 0 Å². The van der Waals surface area contributed by atoms with E-state index in [0.29, 0.717) is 28.1 Å². The first-order valence-electron chi connectivity index (χ1n) is 8.38. The SMILES string of the molecule is CC(=O)c1ccc(NC(=S)Nc2cc(C)n(Cc3ccc(Cl)cc3)n2)cc1. The Balaban J connectivity index is 1.62. The molecule has 0 saturated carbocycles. The fraction of sp³-hybridized carbons (Fsp3) is 0.150. The molecule has 1 heterocycles. The lowest BCUT2D eigenvalue weighted by Gasteiger charge is -2.09. The summed E-state index contributed by atoms with van der Waals surface area (Å²) in [4.78, 5) is 11.3. The number of ketones is 1. The van der Waals surface area contributed by atoms with E-state index in [9.17, 15) is 4.79 Å². The van der Waals surface area contributed by atoms with E-state index >= 15 is 0 Å². The number of halogens is 1. The fourth-order valence-electron chi connectivity index (χ4n) is 2.56. The summed E-state index contributed by atoms with van der Waals surface area (Å²) < 4.78 is 1.90. The molecule has 0 aliphatic carbocycles. The molecule has 0 fully saturated rings. The van der Waals surface area contributed by atoms with E-state index in [2.05, 4.69) is 15.7 Å². The lowest BCUT2D eigenvalue weighted by molar-refractivity contribution is 0.101. The smallest absolute Gasteiger partial charge is 0.176 e. The molecule has 27 heavy (non-hydrogen) atoms. The highest BCUT2D eigenvalue weighted by molar-refractivity contribution is 7.80. The first kappa shape index (κ1) is 19.1. The fourth-order valence-corrected chi connectivity index (χ4v) is 2.91. The van der Waals surface area contributed by atoms with Gasteiger partial charge in [-0.15, -0.1) is 0 Å². The van der Waals surface area contributed by atoms with Gasteiger partial charge in [0.15, 0.2) is 16.7 Å². The van der Waals surface area contributed by atoms with Crippen molar-refractivity contribution in [2.75, 3.05) is 10.6 Å². The summed E-state index contributed by atoms with van der Waals surface area (Å²) in [6.07, 6.45) is 0. The highest BCUT2D eigenvalue weighted by Gasteiger charge is 2.07. The molecular formula is C20H19ClN4OS. The van der Waals surface area contributed by atoms with Gasteiger partial charge in [-0.05, 0) is 68.0 Å². The third-order valence-electron chi connectivity index (χ3n) is 4.02. The third-order valence-corrected chi connectivity index (χ3v) is 4.47. The summed E-state index contributed by atoms with van der Waals surface area (Å²) in [5.74, 6) is 0.697. The van der Waals surface area contributed by atoms with Crippen LogP contribution in [0.15, 0.2) is 54.6 Å². The molecule has 0 aliphatic heterocycles. The van der Waals surface area contributed by atoms with Crippen molar-refractivity contribution < 1.29 is 4.79 Å². The molecule has 138 valence electrons. The average Bonchev–Trinajstić information content (AvgIpc) is 2.96. The number of nitrogens with one attached hydrogen (secondary N) is 2. The van der Waals surface area contributed by atoms with Gasteiger partial charge < -0.3 is 10.6 Å². The largest absolute Gasteiger partial charge is 0.332 e. The van der Waals surface area contributed by atoms with Crippen LogP contribution in [0.1, 0.15) is 28.5 Å². The third kappa shape index (κ3) is 5.15. The number of carbonyl (C=O) groups is 1. The Labute approximate surface area is 168 Å². The van der Waals surface area contributed by atoms with Crippen molar-refractivity contribution in [3.8, 4) is 0 Å². The summed E-state index contributed by atoms with van der Waals surface area (Å²) in [6.45, 7) is 4.18. The quantitative estimate of drug-likeness (QED) is 0.472. The van der Waals surface area contributed by atoms with Gasteiger partial charge >= 0.3 is 0 Å². The molecule has 0 aliphatic rings. The maximum absolute atomic E-state index is 11.3. The van der Waals surface area contributed by atoms with Crippen molar-refractivity contribution >= 4 is 46.2 Å². The van der Waals surface area contributed by atoms with Crippen LogP contribution in [0.2, 0.25) is 5.02 Å². The Morgan fingerprint density at radius 3 is 2.41 bits per heavy atom. The molecule has 0 unspecified atom stereocenters. The summed E-state index contributed by atoms with van der Waals surface area (Å²) in [5.41, 5.74) is 3.59. The van der Waals surface area contributed by atoms with Crippen molar-refractivity contribution in [1.29, 1.82) is 0 Å².